The van der Waals surface area contributed by atoms with E-state index in [1.807, 2.05) is 11.8 Å². The summed E-state index contributed by atoms with van der Waals surface area (Å²) in [6.07, 6.45) is 4.43. The summed E-state index contributed by atoms with van der Waals surface area (Å²) in [7, 11) is 0. The first kappa shape index (κ1) is 18.0. The fraction of sp³-hybridized carbons (Fsp3) is 0.389. The number of hydrogen-bond acceptors (Lipinski definition) is 4. The van der Waals surface area contributed by atoms with Gasteiger partial charge >= 0.3 is 0 Å². The van der Waals surface area contributed by atoms with Gasteiger partial charge in [-0.05, 0) is 44.0 Å². The van der Waals surface area contributed by atoms with Gasteiger partial charge in [0.05, 0.1) is 10.7 Å². The van der Waals surface area contributed by atoms with Crippen molar-refractivity contribution in [3.05, 3.63) is 45.7 Å². The number of hydrogen-bond donors (Lipinski definition) is 1. The van der Waals surface area contributed by atoms with Crippen LogP contribution in [0.2, 0.25) is 10.0 Å². The van der Waals surface area contributed by atoms with Gasteiger partial charge in [-0.1, -0.05) is 36.0 Å². The van der Waals surface area contributed by atoms with Crippen LogP contribution in [0.15, 0.2) is 24.3 Å². The fourth-order valence-corrected chi connectivity index (χ4v) is 3.22. The summed E-state index contributed by atoms with van der Waals surface area (Å²) in [5.41, 5.74) is 1.72. The molecule has 1 N–H and O–H groups in total. The van der Waals surface area contributed by atoms with Crippen molar-refractivity contribution in [2.75, 3.05) is 18.4 Å². The molecule has 2 aromatic rings. The number of nitrogens with zero attached hydrogens (tertiary/aromatic N) is 3. The van der Waals surface area contributed by atoms with Gasteiger partial charge in [-0.25, -0.2) is 9.97 Å². The maximum absolute atomic E-state index is 12.8. The van der Waals surface area contributed by atoms with Gasteiger partial charge in [-0.3, -0.25) is 4.79 Å². The Hall–Kier alpha value is -1.85. The highest BCUT2D eigenvalue weighted by Crippen LogP contribution is 2.27. The molecule has 3 rings (SSSR count). The van der Waals surface area contributed by atoms with E-state index in [9.17, 15) is 4.79 Å². The van der Waals surface area contributed by atoms with Gasteiger partial charge in [0.1, 0.15) is 5.69 Å². The van der Waals surface area contributed by atoms with Gasteiger partial charge < -0.3 is 10.2 Å². The lowest BCUT2D eigenvalue weighted by Crippen LogP contribution is -2.32. The lowest BCUT2D eigenvalue weighted by atomic mass is 10.2. The zero-order valence-electron chi connectivity index (χ0n) is 14.1. The van der Waals surface area contributed by atoms with Crippen LogP contribution >= 0.6 is 23.2 Å². The van der Waals surface area contributed by atoms with Gasteiger partial charge in [-0.15, -0.1) is 0 Å². The Morgan fingerprint density at radius 3 is 2.52 bits per heavy atom. The molecule has 0 saturated carbocycles. The maximum atomic E-state index is 12.8. The third-order valence-electron chi connectivity index (χ3n) is 4.14. The first-order valence-corrected chi connectivity index (χ1v) is 9.15. The third kappa shape index (κ3) is 4.61. The molecule has 1 amide bonds. The number of amides is 1. The molecule has 0 aliphatic carbocycles. The second-order valence-electron chi connectivity index (χ2n) is 6.17. The molecule has 0 atom stereocenters. The van der Waals surface area contributed by atoms with Crippen LogP contribution < -0.4 is 5.32 Å². The zero-order chi connectivity index (χ0) is 17.8. The highest BCUT2D eigenvalue weighted by Gasteiger charge is 2.20. The van der Waals surface area contributed by atoms with Crippen LogP contribution in [0, 0.1) is 6.92 Å². The molecule has 2 heterocycles. The van der Waals surface area contributed by atoms with Crippen molar-refractivity contribution in [3.63, 3.8) is 0 Å². The Kier molecular flexibility index (Phi) is 5.76. The van der Waals surface area contributed by atoms with Crippen molar-refractivity contribution >= 4 is 40.7 Å². The average molecular weight is 379 g/mol. The molecule has 1 aromatic heterocycles. The summed E-state index contributed by atoms with van der Waals surface area (Å²) < 4.78 is 0. The minimum absolute atomic E-state index is 0.0485. The van der Waals surface area contributed by atoms with E-state index in [1.54, 1.807) is 24.3 Å². The predicted octanol–water partition coefficient (Wildman–Crippen LogP) is 4.85. The normalized spacial score (nSPS) is 14.9. The van der Waals surface area contributed by atoms with E-state index >= 15 is 0 Å². The highest BCUT2D eigenvalue weighted by molar-refractivity contribution is 6.35. The van der Waals surface area contributed by atoms with E-state index in [2.05, 4.69) is 15.3 Å². The molecular formula is C18H20Cl2N4O. The largest absolute Gasteiger partial charge is 0.337 e. The average Bonchev–Trinajstić information content (AvgIpc) is 2.86. The molecule has 1 aliphatic heterocycles. The minimum atomic E-state index is -0.0485. The molecule has 1 aliphatic rings. The Labute approximate surface area is 157 Å². The molecule has 1 fully saturated rings. The molecule has 132 valence electrons. The van der Waals surface area contributed by atoms with E-state index in [-0.39, 0.29) is 5.91 Å². The highest BCUT2D eigenvalue weighted by atomic mass is 35.5. The molecule has 0 bridgehead atoms. The van der Waals surface area contributed by atoms with Crippen molar-refractivity contribution < 1.29 is 4.79 Å². The quantitative estimate of drug-likeness (QED) is 0.828. The van der Waals surface area contributed by atoms with Crippen LogP contribution in [-0.2, 0) is 0 Å². The van der Waals surface area contributed by atoms with Crippen LogP contribution in [-0.4, -0.2) is 33.9 Å². The van der Waals surface area contributed by atoms with Gasteiger partial charge in [0.2, 0.25) is 5.95 Å². The molecule has 5 nitrogen and oxygen atoms in total. The van der Waals surface area contributed by atoms with Gasteiger partial charge in [0.25, 0.3) is 5.91 Å². The number of aromatic nitrogens is 2. The van der Waals surface area contributed by atoms with Crippen LogP contribution in [0.4, 0.5) is 11.6 Å². The second-order valence-corrected chi connectivity index (χ2v) is 7.02. The summed E-state index contributed by atoms with van der Waals surface area (Å²) in [6.45, 7) is 3.40. The van der Waals surface area contributed by atoms with E-state index in [4.69, 9.17) is 23.2 Å². The molecule has 0 spiro atoms. The molecule has 1 aromatic carbocycles. The molecule has 7 heteroatoms. The number of halogens is 2. The third-order valence-corrected chi connectivity index (χ3v) is 4.71. The number of rotatable bonds is 3. The van der Waals surface area contributed by atoms with E-state index in [1.165, 1.54) is 12.8 Å². The van der Waals surface area contributed by atoms with Crippen molar-refractivity contribution in [2.45, 2.75) is 32.6 Å². The monoisotopic (exact) mass is 378 g/mol. The van der Waals surface area contributed by atoms with Crippen molar-refractivity contribution in [3.8, 4) is 0 Å². The first-order chi connectivity index (χ1) is 12.0. The van der Waals surface area contributed by atoms with E-state index < -0.39 is 0 Å². The first-order valence-electron chi connectivity index (χ1n) is 8.40. The van der Waals surface area contributed by atoms with Gasteiger partial charge in [0, 0.05) is 23.8 Å². The zero-order valence-corrected chi connectivity index (χ0v) is 15.6. The lowest BCUT2D eigenvalue weighted by molar-refractivity contribution is 0.0755. The Morgan fingerprint density at radius 1 is 1.08 bits per heavy atom. The topological polar surface area (TPSA) is 58.1 Å². The summed E-state index contributed by atoms with van der Waals surface area (Å²) in [5.74, 6) is 0.287. The summed E-state index contributed by atoms with van der Waals surface area (Å²) in [4.78, 5) is 23.4. The molecule has 0 unspecified atom stereocenters. The molecule has 25 heavy (non-hydrogen) atoms. The smallest absolute Gasteiger partial charge is 0.272 e. The minimum Gasteiger partial charge on any atom is -0.337 e. The number of nitrogens with one attached hydrogen (secondary N) is 1. The molecule has 0 radical (unpaired) electrons. The fourth-order valence-electron chi connectivity index (χ4n) is 2.88. The number of benzene rings is 1. The van der Waals surface area contributed by atoms with E-state index in [0.29, 0.717) is 33.1 Å². The molecular weight excluding hydrogens is 359 g/mol. The SMILES string of the molecule is Cc1cc(C(=O)N2CCCCCC2)nc(Nc2cc(Cl)ccc2Cl)n1. The number of carbonyl (C=O) groups excluding carboxylic acids is 1. The second kappa shape index (κ2) is 8.02. The lowest BCUT2D eigenvalue weighted by Gasteiger charge is -2.20. The van der Waals surface area contributed by atoms with Crippen molar-refractivity contribution in [1.29, 1.82) is 0 Å². The number of aryl methyl sites for hydroxylation is 1. The Bertz CT molecular complexity index is 774. The van der Waals surface area contributed by atoms with E-state index in [0.717, 1.165) is 25.9 Å². The van der Waals surface area contributed by atoms with Crippen LogP contribution in [0.1, 0.15) is 41.9 Å². The predicted molar refractivity (Wildman–Crippen MR) is 101 cm³/mol. The number of carbonyl (C=O) groups is 1. The number of likely N-dealkylation sites (tertiary alicyclic amines) is 1. The van der Waals surface area contributed by atoms with Crippen LogP contribution in [0.5, 0.6) is 0 Å². The maximum Gasteiger partial charge on any atom is 0.272 e. The number of anilines is 2. The molecule has 1 saturated heterocycles. The summed E-state index contributed by atoms with van der Waals surface area (Å²) >= 11 is 12.2. The Balaban J connectivity index is 1.84. The standard InChI is InChI=1S/C18H20Cl2N4O/c1-12-10-16(17(25)24-8-4-2-3-5-9-24)23-18(21-12)22-15-11-13(19)6-7-14(15)20/h6-7,10-11H,2-5,8-9H2,1H3,(H,21,22,23). The summed E-state index contributed by atoms with van der Waals surface area (Å²) in [6, 6.07) is 6.83. The van der Waals surface area contributed by atoms with Crippen molar-refractivity contribution in [2.24, 2.45) is 0 Å². The Morgan fingerprint density at radius 2 is 1.80 bits per heavy atom. The van der Waals surface area contributed by atoms with Crippen LogP contribution in [0.3, 0.4) is 0 Å². The van der Waals surface area contributed by atoms with Gasteiger partial charge in [0.15, 0.2) is 0 Å². The van der Waals surface area contributed by atoms with Crippen LogP contribution in [0.25, 0.3) is 0 Å². The van der Waals surface area contributed by atoms with Crippen molar-refractivity contribution in [1.82, 2.24) is 14.9 Å². The summed E-state index contributed by atoms with van der Waals surface area (Å²) in [5, 5.41) is 4.12. The van der Waals surface area contributed by atoms with Gasteiger partial charge in [-0.2, -0.15) is 0 Å².